The van der Waals surface area contributed by atoms with Gasteiger partial charge in [-0.2, -0.15) is 0 Å². The smallest absolute Gasteiger partial charge is 0.128 e. The van der Waals surface area contributed by atoms with Crippen LogP contribution in [-0.4, -0.2) is 12.1 Å². The minimum absolute atomic E-state index is 0.151. The molecule has 2 rings (SSSR count). The van der Waals surface area contributed by atoms with E-state index in [0.29, 0.717) is 16.8 Å². The lowest BCUT2D eigenvalue weighted by molar-refractivity contribution is -0.0127. The van der Waals surface area contributed by atoms with Crippen molar-refractivity contribution in [1.29, 1.82) is 0 Å². The fraction of sp³-hybridized carbons (Fsp3) is 0.500. The average molecular weight is 288 g/mol. The molecule has 0 heterocycles. The molecule has 1 aromatic carbocycles. The summed E-state index contributed by atoms with van der Waals surface area (Å²) in [6, 6.07) is 4.63. The third-order valence-electron chi connectivity index (χ3n) is 3.04. The van der Waals surface area contributed by atoms with Crippen LogP contribution in [0.4, 0.5) is 4.39 Å². The van der Waals surface area contributed by atoms with Crippen molar-refractivity contribution in [2.75, 3.05) is 6.54 Å². The maximum absolute atomic E-state index is 13.2. The number of ether oxygens (including phenoxy) is 1. The van der Waals surface area contributed by atoms with E-state index >= 15 is 0 Å². The van der Waals surface area contributed by atoms with Gasteiger partial charge < -0.3 is 10.5 Å². The molecule has 2 nitrogen and oxygen atoms in total. The normalized spacial score (nSPS) is 17.9. The summed E-state index contributed by atoms with van der Waals surface area (Å²) in [6.07, 6.45) is 4.02. The first-order valence-electron chi connectivity index (χ1n) is 5.49. The number of halogens is 2. The van der Waals surface area contributed by atoms with Gasteiger partial charge in [0.05, 0.1) is 0 Å². The Morgan fingerprint density at radius 2 is 2.12 bits per heavy atom. The first kappa shape index (κ1) is 11.9. The van der Waals surface area contributed by atoms with Gasteiger partial charge in [-0.25, -0.2) is 4.39 Å². The van der Waals surface area contributed by atoms with Crippen molar-refractivity contribution in [3.05, 3.63) is 28.5 Å². The topological polar surface area (TPSA) is 35.2 Å². The van der Waals surface area contributed by atoms with Gasteiger partial charge in [-0.05, 0) is 44.4 Å². The summed E-state index contributed by atoms with van der Waals surface area (Å²) < 4.78 is 19.8. The van der Waals surface area contributed by atoms with Gasteiger partial charge in [0, 0.05) is 10.5 Å². The highest BCUT2D eigenvalue weighted by molar-refractivity contribution is 9.10. The van der Waals surface area contributed by atoms with Crippen LogP contribution in [0.5, 0.6) is 5.75 Å². The number of hydrogen-bond acceptors (Lipinski definition) is 2. The van der Waals surface area contributed by atoms with Crippen LogP contribution in [0.15, 0.2) is 22.7 Å². The Hall–Kier alpha value is -0.610. The second-order valence-electron chi connectivity index (χ2n) is 4.28. The molecule has 4 heteroatoms. The van der Waals surface area contributed by atoms with Crippen molar-refractivity contribution in [2.45, 2.75) is 31.3 Å². The summed E-state index contributed by atoms with van der Waals surface area (Å²) in [5.41, 5.74) is 5.42. The largest absolute Gasteiger partial charge is 0.487 e. The molecule has 88 valence electrons. The summed E-state index contributed by atoms with van der Waals surface area (Å²) in [5, 5.41) is 0. The Bertz CT molecular complexity index is 359. The van der Waals surface area contributed by atoms with E-state index < -0.39 is 0 Å². The van der Waals surface area contributed by atoms with Gasteiger partial charge in [0.1, 0.15) is 17.2 Å². The molecule has 1 aliphatic rings. The van der Waals surface area contributed by atoms with E-state index in [-0.39, 0.29) is 11.4 Å². The minimum Gasteiger partial charge on any atom is -0.487 e. The third-order valence-corrected chi connectivity index (χ3v) is 3.49. The fourth-order valence-electron chi connectivity index (χ4n) is 2.07. The van der Waals surface area contributed by atoms with Crippen LogP contribution in [0.25, 0.3) is 0 Å². The Balaban J connectivity index is 2.12. The molecular weight excluding hydrogens is 273 g/mol. The molecule has 0 bridgehead atoms. The molecule has 0 spiro atoms. The molecule has 0 amide bonds. The molecule has 1 saturated carbocycles. The quantitative estimate of drug-likeness (QED) is 0.923. The van der Waals surface area contributed by atoms with Crippen LogP contribution < -0.4 is 10.5 Å². The minimum atomic E-state index is -0.286. The SMILES string of the molecule is NCCC1(Oc2cc(F)cc(Br)c2)CCC1. The zero-order chi connectivity index (χ0) is 11.6. The second-order valence-corrected chi connectivity index (χ2v) is 5.20. The maximum Gasteiger partial charge on any atom is 0.128 e. The summed E-state index contributed by atoms with van der Waals surface area (Å²) >= 11 is 3.25. The molecule has 0 unspecified atom stereocenters. The predicted molar refractivity (Wildman–Crippen MR) is 65.0 cm³/mol. The molecule has 2 N–H and O–H groups in total. The highest BCUT2D eigenvalue weighted by atomic mass is 79.9. The lowest BCUT2D eigenvalue weighted by Crippen LogP contribution is -2.44. The van der Waals surface area contributed by atoms with E-state index in [9.17, 15) is 4.39 Å². The number of hydrogen-bond donors (Lipinski definition) is 1. The first-order valence-corrected chi connectivity index (χ1v) is 6.28. The average Bonchev–Trinajstić information content (AvgIpc) is 2.13. The van der Waals surface area contributed by atoms with Crippen LogP contribution in [-0.2, 0) is 0 Å². The van der Waals surface area contributed by atoms with Crippen molar-refractivity contribution in [3.63, 3.8) is 0 Å². The highest BCUT2D eigenvalue weighted by Crippen LogP contribution is 2.39. The van der Waals surface area contributed by atoms with Crippen molar-refractivity contribution in [2.24, 2.45) is 5.73 Å². The van der Waals surface area contributed by atoms with Gasteiger partial charge in [-0.3, -0.25) is 0 Å². The molecule has 0 aliphatic heterocycles. The summed E-state index contributed by atoms with van der Waals surface area (Å²) in [5.74, 6) is 0.298. The van der Waals surface area contributed by atoms with E-state index in [1.165, 1.54) is 12.1 Å². The molecule has 0 aromatic heterocycles. The van der Waals surface area contributed by atoms with Gasteiger partial charge in [-0.1, -0.05) is 15.9 Å². The van der Waals surface area contributed by atoms with E-state index in [1.807, 2.05) is 0 Å². The fourth-order valence-corrected chi connectivity index (χ4v) is 2.52. The second kappa shape index (κ2) is 4.72. The zero-order valence-corrected chi connectivity index (χ0v) is 10.6. The standard InChI is InChI=1S/C12H15BrFNO/c13-9-6-10(14)8-11(7-9)16-12(4-5-15)2-1-3-12/h6-8H,1-5,15H2. The van der Waals surface area contributed by atoms with Crippen LogP contribution >= 0.6 is 15.9 Å². The summed E-state index contributed by atoms with van der Waals surface area (Å²) in [6.45, 7) is 0.608. The lowest BCUT2D eigenvalue weighted by Gasteiger charge is -2.41. The van der Waals surface area contributed by atoms with Crippen molar-refractivity contribution >= 4 is 15.9 Å². The molecular formula is C12H15BrFNO. The predicted octanol–water partition coefficient (Wildman–Crippen LogP) is 3.24. The van der Waals surface area contributed by atoms with Gasteiger partial charge >= 0.3 is 0 Å². The molecule has 0 radical (unpaired) electrons. The first-order chi connectivity index (χ1) is 7.63. The van der Waals surface area contributed by atoms with E-state index in [0.717, 1.165) is 25.7 Å². The Morgan fingerprint density at radius 3 is 2.62 bits per heavy atom. The van der Waals surface area contributed by atoms with Gasteiger partial charge in [0.2, 0.25) is 0 Å². The van der Waals surface area contributed by atoms with Crippen molar-refractivity contribution in [1.82, 2.24) is 0 Å². The van der Waals surface area contributed by atoms with Crippen LogP contribution in [0.3, 0.4) is 0 Å². The number of nitrogens with two attached hydrogens (primary N) is 1. The summed E-state index contributed by atoms with van der Waals surface area (Å²) in [7, 11) is 0. The van der Waals surface area contributed by atoms with Gasteiger partial charge in [0.25, 0.3) is 0 Å². The molecule has 0 saturated heterocycles. The zero-order valence-electron chi connectivity index (χ0n) is 9.01. The Kier molecular flexibility index (Phi) is 3.50. The van der Waals surface area contributed by atoms with Gasteiger partial charge in [0.15, 0.2) is 0 Å². The maximum atomic E-state index is 13.2. The van der Waals surface area contributed by atoms with Crippen molar-refractivity contribution in [3.8, 4) is 5.75 Å². The van der Waals surface area contributed by atoms with Crippen molar-refractivity contribution < 1.29 is 9.13 Å². The van der Waals surface area contributed by atoms with E-state index in [1.54, 1.807) is 6.07 Å². The Labute approximate surface area is 103 Å². The van der Waals surface area contributed by atoms with Crippen LogP contribution in [0.2, 0.25) is 0 Å². The highest BCUT2D eigenvalue weighted by Gasteiger charge is 2.38. The summed E-state index contributed by atoms with van der Waals surface area (Å²) in [4.78, 5) is 0. The monoisotopic (exact) mass is 287 g/mol. The van der Waals surface area contributed by atoms with E-state index in [2.05, 4.69) is 15.9 Å². The molecule has 1 fully saturated rings. The molecule has 16 heavy (non-hydrogen) atoms. The number of benzene rings is 1. The Morgan fingerprint density at radius 1 is 1.38 bits per heavy atom. The molecule has 1 aromatic rings. The third kappa shape index (κ3) is 2.55. The van der Waals surface area contributed by atoms with Crippen LogP contribution in [0, 0.1) is 5.82 Å². The van der Waals surface area contributed by atoms with E-state index in [4.69, 9.17) is 10.5 Å². The van der Waals surface area contributed by atoms with Gasteiger partial charge in [-0.15, -0.1) is 0 Å². The molecule has 1 aliphatic carbocycles. The lowest BCUT2D eigenvalue weighted by atomic mass is 9.77. The van der Waals surface area contributed by atoms with Crippen LogP contribution in [0.1, 0.15) is 25.7 Å². The molecule has 0 atom stereocenters. The number of rotatable bonds is 4.